The van der Waals surface area contributed by atoms with Crippen LogP contribution in [-0.2, 0) is 23.9 Å². The fourth-order valence-electron chi connectivity index (χ4n) is 0.889. The van der Waals surface area contributed by atoms with Gasteiger partial charge < -0.3 is 9.47 Å². The third kappa shape index (κ3) is 5.29. The van der Waals surface area contributed by atoms with E-state index in [1.54, 1.807) is 13.8 Å². The lowest BCUT2D eigenvalue weighted by Crippen LogP contribution is -2.23. The lowest BCUT2D eigenvalue weighted by atomic mass is 10.1. The summed E-state index contributed by atoms with van der Waals surface area (Å²) >= 11 is 0. The first-order valence-corrected chi connectivity index (χ1v) is 5.08. The SMILES string of the molecule is CCOC(=O)/C=C/C(C)C(=O)C(=O)OCC. The molecular formula is C11H16O5. The normalized spacial score (nSPS) is 12.2. The third-order valence-corrected chi connectivity index (χ3v) is 1.70. The average Bonchev–Trinajstić information content (AvgIpc) is 2.25. The average molecular weight is 228 g/mol. The molecule has 0 bridgehead atoms. The number of ether oxygens (including phenoxy) is 2. The van der Waals surface area contributed by atoms with Crippen LogP contribution in [0.25, 0.3) is 0 Å². The van der Waals surface area contributed by atoms with E-state index >= 15 is 0 Å². The zero-order valence-electron chi connectivity index (χ0n) is 9.69. The summed E-state index contributed by atoms with van der Waals surface area (Å²) in [7, 11) is 0. The van der Waals surface area contributed by atoms with Crippen LogP contribution in [-0.4, -0.2) is 30.9 Å². The first kappa shape index (κ1) is 14.3. The molecular weight excluding hydrogens is 212 g/mol. The van der Waals surface area contributed by atoms with Crippen LogP contribution in [0.3, 0.4) is 0 Å². The fourth-order valence-corrected chi connectivity index (χ4v) is 0.889. The Morgan fingerprint density at radius 2 is 1.69 bits per heavy atom. The Hall–Kier alpha value is -1.65. The monoisotopic (exact) mass is 228 g/mol. The highest BCUT2D eigenvalue weighted by Gasteiger charge is 2.20. The predicted octanol–water partition coefficient (Wildman–Crippen LogP) is 0.874. The maximum Gasteiger partial charge on any atom is 0.375 e. The predicted molar refractivity (Wildman–Crippen MR) is 56.6 cm³/mol. The molecule has 0 saturated carbocycles. The van der Waals surface area contributed by atoms with Gasteiger partial charge in [-0.3, -0.25) is 4.79 Å². The first-order chi connectivity index (χ1) is 7.52. The fraction of sp³-hybridized carbons (Fsp3) is 0.545. The molecule has 0 aliphatic rings. The van der Waals surface area contributed by atoms with Crippen molar-refractivity contribution in [3.63, 3.8) is 0 Å². The number of rotatable bonds is 6. The number of ketones is 1. The molecule has 0 aromatic carbocycles. The highest BCUT2D eigenvalue weighted by molar-refractivity contribution is 6.34. The van der Waals surface area contributed by atoms with E-state index < -0.39 is 23.6 Å². The topological polar surface area (TPSA) is 69.7 Å². The Labute approximate surface area is 94.4 Å². The quantitative estimate of drug-likeness (QED) is 0.383. The van der Waals surface area contributed by atoms with E-state index in [9.17, 15) is 14.4 Å². The van der Waals surface area contributed by atoms with Crippen molar-refractivity contribution in [2.24, 2.45) is 5.92 Å². The van der Waals surface area contributed by atoms with Gasteiger partial charge in [-0.05, 0) is 13.8 Å². The summed E-state index contributed by atoms with van der Waals surface area (Å²) in [5.41, 5.74) is 0. The van der Waals surface area contributed by atoms with Crippen LogP contribution in [0, 0.1) is 5.92 Å². The standard InChI is InChI=1S/C11H16O5/c1-4-15-9(12)7-6-8(3)10(13)11(14)16-5-2/h6-8H,4-5H2,1-3H3/b7-6+. The number of carbonyl (C=O) groups excluding carboxylic acids is 3. The van der Waals surface area contributed by atoms with E-state index in [2.05, 4.69) is 9.47 Å². The van der Waals surface area contributed by atoms with Crippen molar-refractivity contribution in [2.75, 3.05) is 13.2 Å². The smallest absolute Gasteiger partial charge is 0.375 e. The largest absolute Gasteiger partial charge is 0.463 e. The number of hydrogen-bond acceptors (Lipinski definition) is 5. The lowest BCUT2D eigenvalue weighted by Gasteiger charge is -2.04. The molecule has 0 amide bonds. The van der Waals surface area contributed by atoms with Crippen molar-refractivity contribution in [3.8, 4) is 0 Å². The summed E-state index contributed by atoms with van der Waals surface area (Å²) in [5, 5.41) is 0. The van der Waals surface area contributed by atoms with E-state index in [0.29, 0.717) is 0 Å². The summed E-state index contributed by atoms with van der Waals surface area (Å²) in [4.78, 5) is 33.3. The number of Topliss-reactive ketones (excluding diaryl/α,β-unsaturated/α-hetero) is 1. The van der Waals surface area contributed by atoms with Gasteiger partial charge in [0.25, 0.3) is 0 Å². The van der Waals surface area contributed by atoms with Gasteiger partial charge in [-0.2, -0.15) is 0 Å². The Morgan fingerprint density at radius 1 is 1.12 bits per heavy atom. The van der Waals surface area contributed by atoms with E-state index in [1.807, 2.05) is 0 Å². The Bertz CT molecular complexity index is 293. The molecule has 0 aliphatic heterocycles. The summed E-state index contributed by atoms with van der Waals surface area (Å²) in [6, 6.07) is 0. The summed E-state index contributed by atoms with van der Waals surface area (Å²) in [6.45, 7) is 5.22. The molecule has 5 nitrogen and oxygen atoms in total. The van der Waals surface area contributed by atoms with Crippen LogP contribution in [0.15, 0.2) is 12.2 Å². The van der Waals surface area contributed by atoms with Gasteiger partial charge in [0.05, 0.1) is 13.2 Å². The lowest BCUT2D eigenvalue weighted by molar-refractivity contribution is -0.154. The van der Waals surface area contributed by atoms with Crippen molar-refractivity contribution >= 4 is 17.7 Å². The van der Waals surface area contributed by atoms with Gasteiger partial charge in [0.1, 0.15) is 0 Å². The molecule has 0 rings (SSSR count). The summed E-state index contributed by atoms with van der Waals surface area (Å²) in [5.74, 6) is -2.79. The van der Waals surface area contributed by atoms with Gasteiger partial charge in [-0.1, -0.05) is 13.0 Å². The molecule has 1 atom stereocenters. The van der Waals surface area contributed by atoms with Crippen molar-refractivity contribution < 1.29 is 23.9 Å². The van der Waals surface area contributed by atoms with Crippen LogP contribution >= 0.6 is 0 Å². The minimum Gasteiger partial charge on any atom is -0.463 e. The van der Waals surface area contributed by atoms with Gasteiger partial charge in [-0.25, -0.2) is 9.59 Å². The zero-order valence-corrected chi connectivity index (χ0v) is 9.69. The van der Waals surface area contributed by atoms with Crippen molar-refractivity contribution in [2.45, 2.75) is 20.8 Å². The van der Waals surface area contributed by atoms with Crippen LogP contribution in [0.4, 0.5) is 0 Å². The number of esters is 2. The van der Waals surface area contributed by atoms with Gasteiger partial charge >= 0.3 is 11.9 Å². The first-order valence-electron chi connectivity index (χ1n) is 5.08. The van der Waals surface area contributed by atoms with E-state index in [-0.39, 0.29) is 13.2 Å². The van der Waals surface area contributed by atoms with Crippen LogP contribution in [0.1, 0.15) is 20.8 Å². The third-order valence-electron chi connectivity index (χ3n) is 1.70. The molecule has 0 N–H and O–H groups in total. The van der Waals surface area contributed by atoms with Gasteiger partial charge in [0, 0.05) is 12.0 Å². The van der Waals surface area contributed by atoms with E-state index in [1.165, 1.54) is 13.0 Å². The molecule has 5 heteroatoms. The number of carbonyl (C=O) groups is 3. The van der Waals surface area contributed by atoms with Crippen molar-refractivity contribution in [3.05, 3.63) is 12.2 Å². The maximum atomic E-state index is 11.3. The highest BCUT2D eigenvalue weighted by Crippen LogP contribution is 2.01. The van der Waals surface area contributed by atoms with Crippen molar-refractivity contribution in [1.29, 1.82) is 0 Å². The van der Waals surface area contributed by atoms with Crippen LogP contribution in [0.5, 0.6) is 0 Å². The molecule has 0 aliphatic carbocycles. The number of allylic oxidation sites excluding steroid dienone is 1. The Kier molecular flexibility index (Phi) is 6.83. The Balaban J connectivity index is 4.24. The molecule has 0 spiro atoms. The molecule has 0 fully saturated rings. The molecule has 90 valence electrons. The second-order valence-electron chi connectivity index (χ2n) is 2.98. The van der Waals surface area contributed by atoms with Crippen LogP contribution in [0.2, 0.25) is 0 Å². The molecule has 1 unspecified atom stereocenters. The number of hydrogen-bond donors (Lipinski definition) is 0. The molecule has 0 radical (unpaired) electrons. The molecule has 0 heterocycles. The van der Waals surface area contributed by atoms with Crippen molar-refractivity contribution in [1.82, 2.24) is 0 Å². The van der Waals surface area contributed by atoms with Gasteiger partial charge in [-0.15, -0.1) is 0 Å². The molecule has 0 aromatic rings. The minimum atomic E-state index is -0.886. The van der Waals surface area contributed by atoms with E-state index in [0.717, 1.165) is 6.08 Å². The zero-order chi connectivity index (χ0) is 12.6. The molecule has 16 heavy (non-hydrogen) atoms. The Morgan fingerprint density at radius 3 is 2.19 bits per heavy atom. The molecule has 0 aromatic heterocycles. The second kappa shape index (κ2) is 7.62. The maximum absolute atomic E-state index is 11.3. The second-order valence-corrected chi connectivity index (χ2v) is 2.98. The highest BCUT2D eigenvalue weighted by atomic mass is 16.5. The van der Waals surface area contributed by atoms with Gasteiger partial charge in [0.15, 0.2) is 0 Å². The minimum absolute atomic E-state index is 0.152. The van der Waals surface area contributed by atoms with E-state index in [4.69, 9.17) is 0 Å². The van der Waals surface area contributed by atoms with Crippen LogP contribution < -0.4 is 0 Å². The summed E-state index contributed by atoms with van der Waals surface area (Å²) < 4.78 is 9.17. The summed E-state index contributed by atoms with van der Waals surface area (Å²) in [6.07, 6.45) is 2.45. The molecule has 0 saturated heterocycles. The van der Waals surface area contributed by atoms with Gasteiger partial charge in [0.2, 0.25) is 5.78 Å².